The van der Waals surface area contributed by atoms with Gasteiger partial charge in [0.2, 0.25) is 0 Å². The summed E-state index contributed by atoms with van der Waals surface area (Å²) in [5.74, 6) is 0.810. The number of benzene rings is 1. The summed E-state index contributed by atoms with van der Waals surface area (Å²) in [6.07, 6.45) is 4.76. The fraction of sp³-hybridized carbons (Fsp3) is 0.600. The molecule has 0 spiro atoms. The van der Waals surface area contributed by atoms with Crippen LogP contribution in [0.3, 0.4) is 0 Å². The van der Waals surface area contributed by atoms with Gasteiger partial charge in [-0.2, -0.15) is 0 Å². The van der Waals surface area contributed by atoms with Crippen molar-refractivity contribution in [3.05, 3.63) is 24.0 Å². The Kier molecular flexibility index (Phi) is 5.02. The fourth-order valence-electron chi connectivity index (χ4n) is 2.77. The summed E-state index contributed by atoms with van der Waals surface area (Å²) in [5, 5.41) is 3.49. The van der Waals surface area contributed by atoms with Crippen molar-refractivity contribution in [3.63, 3.8) is 0 Å². The lowest BCUT2D eigenvalue weighted by Gasteiger charge is -2.32. The molecule has 1 aromatic rings. The van der Waals surface area contributed by atoms with Crippen LogP contribution in [0, 0.1) is 11.7 Å². The quantitative estimate of drug-likeness (QED) is 0.860. The molecule has 1 aliphatic rings. The minimum absolute atomic E-state index is 0.270. The molecule has 3 N–H and O–H groups in total. The van der Waals surface area contributed by atoms with Crippen LogP contribution >= 0.6 is 0 Å². The summed E-state index contributed by atoms with van der Waals surface area (Å²) in [4.78, 5) is 0. The van der Waals surface area contributed by atoms with E-state index in [0.717, 1.165) is 12.1 Å². The zero-order valence-corrected chi connectivity index (χ0v) is 11.5. The van der Waals surface area contributed by atoms with E-state index in [2.05, 4.69) is 5.32 Å². The first-order valence-corrected chi connectivity index (χ1v) is 7.13. The summed E-state index contributed by atoms with van der Waals surface area (Å²) in [7, 11) is 0. The Bertz CT molecular complexity index is 411. The Labute approximate surface area is 114 Å². The van der Waals surface area contributed by atoms with E-state index in [9.17, 15) is 4.39 Å². The first kappa shape index (κ1) is 14.1. The van der Waals surface area contributed by atoms with Gasteiger partial charge in [0.1, 0.15) is 11.6 Å². The molecule has 106 valence electrons. The molecule has 3 nitrogen and oxygen atoms in total. The van der Waals surface area contributed by atoms with E-state index in [1.165, 1.54) is 31.4 Å². The number of nitrogens with two attached hydrogens (primary N) is 1. The maximum atomic E-state index is 13.3. The second-order valence-corrected chi connectivity index (χ2v) is 5.10. The van der Waals surface area contributed by atoms with Gasteiger partial charge in [0, 0.05) is 12.1 Å². The molecule has 1 aliphatic carbocycles. The molecule has 0 radical (unpaired) electrons. The van der Waals surface area contributed by atoms with Gasteiger partial charge in [-0.25, -0.2) is 4.39 Å². The number of hydrogen-bond donors (Lipinski definition) is 2. The minimum atomic E-state index is -0.270. The summed E-state index contributed by atoms with van der Waals surface area (Å²) >= 11 is 0. The van der Waals surface area contributed by atoms with Crippen molar-refractivity contribution >= 4 is 5.69 Å². The Balaban J connectivity index is 2.12. The average molecular weight is 266 g/mol. The van der Waals surface area contributed by atoms with Crippen molar-refractivity contribution in [2.24, 2.45) is 11.7 Å². The largest absolute Gasteiger partial charge is 0.492 e. The number of nitrogens with one attached hydrogen (secondary N) is 1. The van der Waals surface area contributed by atoms with Crippen LogP contribution in [0.5, 0.6) is 5.75 Å². The first-order valence-electron chi connectivity index (χ1n) is 7.13. The molecule has 2 rings (SSSR count). The molecule has 0 heterocycles. The number of ether oxygens (including phenoxy) is 1. The molecule has 1 saturated carbocycles. The van der Waals surface area contributed by atoms with Crippen LogP contribution in [0.25, 0.3) is 0 Å². The Morgan fingerprint density at radius 3 is 2.89 bits per heavy atom. The van der Waals surface area contributed by atoms with Gasteiger partial charge in [-0.3, -0.25) is 0 Å². The highest BCUT2D eigenvalue weighted by molar-refractivity contribution is 5.57. The van der Waals surface area contributed by atoms with E-state index in [4.69, 9.17) is 10.5 Å². The molecular formula is C15H23FN2O. The third-order valence-corrected chi connectivity index (χ3v) is 3.80. The van der Waals surface area contributed by atoms with Crippen LogP contribution < -0.4 is 15.8 Å². The van der Waals surface area contributed by atoms with Crippen LogP contribution in [0.1, 0.15) is 32.6 Å². The van der Waals surface area contributed by atoms with Crippen molar-refractivity contribution in [1.29, 1.82) is 0 Å². The number of rotatable bonds is 5. The van der Waals surface area contributed by atoms with Gasteiger partial charge in [-0.05, 0) is 44.4 Å². The van der Waals surface area contributed by atoms with Gasteiger partial charge >= 0.3 is 0 Å². The Morgan fingerprint density at radius 2 is 2.16 bits per heavy atom. The van der Waals surface area contributed by atoms with E-state index in [0.29, 0.717) is 30.9 Å². The smallest absolute Gasteiger partial charge is 0.145 e. The second-order valence-electron chi connectivity index (χ2n) is 5.10. The monoisotopic (exact) mass is 266 g/mol. The average Bonchev–Trinajstić information content (AvgIpc) is 2.43. The van der Waals surface area contributed by atoms with Crippen LogP contribution in [0.2, 0.25) is 0 Å². The molecule has 1 fully saturated rings. The highest BCUT2D eigenvalue weighted by Gasteiger charge is 2.24. The summed E-state index contributed by atoms with van der Waals surface area (Å²) in [6, 6.07) is 5.02. The van der Waals surface area contributed by atoms with Gasteiger partial charge in [0.25, 0.3) is 0 Å². The van der Waals surface area contributed by atoms with E-state index in [-0.39, 0.29) is 5.82 Å². The standard InChI is InChI=1S/C15H23FN2O/c1-2-19-15-9-12(16)7-8-14(15)18-13-6-4-3-5-11(13)10-17/h7-9,11,13,18H,2-6,10,17H2,1H3. The third-order valence-electron chi connectivity index (χ3n) is 3.80. The fourth-order valence-corrected chi connectivity index (χ4v) is 2.77. The summed E-state index contributed by atoms with van der Waals surface area (Å²) in [6.45, 7) is 3.13. The summed E-state index contributed by atoms with van der Waals surface area (Å²) in [5.41, 5.74) is 6.71. The van der Waals surface area contributed by atoms with Crippen molar-refractivity contribution < 1.29 is 9.13 Å². The van der Waals surface area contributed by atoms with Crippen molar-refractivity contribution in [3.8, 4) is 5.75 Å². The van der Waals surface area contributed by atoms with Crippen LogP contribution in [-0.4, -0.2) is 19.2 Å². The van der Waals surface area contributed by atoms with Crippen LogP contribution in [-0.2, 0) is 0 Å². The van der Waals surface area contributed by atoms with E-state index < -0.39 is 0 Å². The van der Waals surface area contributed by atoms with E-state index in [1.807, 2.05) is 6.92 Å². The lowest BCUT2D eigenvalue weighted by Crippen LogP contribution is -2.36. The van der Waals surface area contributed by atoms with Gasteiger partial charge < -0.3 is 15.8 Å². The number of halogens is 1. The number of hydrogen-bond acceptors (Lipinski definition) is 3. The second kappa shape index (κ2) is 6.75. The molecular weight excluding hydrogens is 243 g/mol. The van der Waals surface area contributed by atoms with Gasteiger partial charge in [0.15, 0.2) is 0 Å². The predicted octanol–water partition coefficient (Wildman–Crippen LogP) is 3.15. The van der Waals surface area contributed by atoms with Gasteiger partial charge in [0.05, 0.1) is 12.3 Å². The van der Waals surface area contributed by atoms with Crippen LogP contribution in [0.4, 0.5) is 10.1 Å². The molecule has 1 aromatic carbocycles. The maximum Gasteiger partial charge on any atom is 0.145 e. The molecule has 19 heavy (non-hydrogen) atoms. The normalized spacial score (nSPS) is 23.1. The third kappa shape index (κ3) is 3.60. The Morgan fingerprint density at radius 1 is 1.37 bits per heavy atom. The van der Waals surface area contributed by atoms with Crippen molar-refractivity contribution in [2.75, 3.05) is 18.5 Å². The maximum absolute atomic E-state index is 13.3. The van der Waals surface area contributed by atoms with Crippen LogP contribution in [0.15, 0.2) is 18.2 Å². The molecule has 0 amide bonds. The molecule has 4 heteroatoms. The zero-order chi connectivity index (χ0) is 13.7. The lowest BCUT2D eigenvalue weighted by atomic mass is 9.84. The van der Waals surface area contributed by atoms with Gasteiger partial charge in [-0.1, -0.05) is 12.8 Å². The Hall–Kier alpha value is -1.29. The zero-order valence-electron chi connectivity index (χ0n) is 11.5. The van der Waals surface area contributed by atoms with E-state index >= 15 is 0 Å². The lowest BCUT2D eigenvalue weighted by molar-refractivity contribution is 0.324. The highest BCUT2D eigenvalue weighted by atomic mass is 19.1. The molecule has 0 aromatic heterocycles. The summed E-state index contributed by atoms with van der Waals surface area (Å²) < 4.78 is 18.8. The predicted molar refractivity (Wildman–Crippen MR) is 76.0 cm³/mol. The van der Waals surface area contributed by atoms with Crippen molar-refractivity contribution in [1.82, 2.24) is 0 Å². The molecule has 0 aliphatic heterocycles. The topological polar surface area (TPSA) is 47.3 Å². The first-order chi connectivity index (χ1) is 9.24. The van der Waals surface area contributed by atoms with Gasteiger partial charge in [-0.15, -0.1) is 0 Å². The SMILES string of the molecule is CCOc1cc(F)ccc1NC1CCCCC1CN. The van der Waals surface area contributed by atoms with E-state index in [1.54, 1.807) is 6.07 Å². The number of anilines is 1. The minimum Gasteiger partial charge on any atom is -0.492 e. The molecule has 0 bridgehead atoms. The van der Waals surface area contributed by atoms with Crippen molar-refractivity contribution in [2.45, 2.75) is 38.6 Å². The molecule has 2 unspecified atom stereocenters. The molecule has 2 atom stereocenters. The highest BCUT2D eigenvalue weighted by Crippen LogP contribution is 2.31. The molecule has 0 saturated heterocycles.